The van der Waals surface area contributed by atoms with Crippen molar-refractivity contribution in [1.82, 2.24) is 18.7 Å². The zero-order chi connectivity index (χ0) is 44.5. The molecule has 2 atom stereocenters. The molecule has 0 bridgehead atoms. The second kappa shape index (κ2) is 13.7. The van der Waals surface area contributed by atoms with Gasteiger partial charge >= 0.3 is 0 Å². The molecule has 0 amide bonds. The third-order valence-corrected chi connectivity index (χ3v) is 13.5. The van der Waals surface area contributed by atoms with E-state index in [-0.39, 0.29) is 21.7 Å². The third-order valence-electron chi connectivity index (χ3n) is 13.5. The second-order valence-corrected chi connectivity index (χ2v) is 22.1. The molecule has 63 heavy (non-hydrogen) atoms. The highest BCUT2D eigenvalue weighted by Crippen LogP contribution is 2.75. The summed E-state index contributed by atoms with van der Waals surface area (Å²) in [6, 6.07) is 51.8. The van der Waals surface area contributed by atoms with Gasteiger partial charge in [0.05, 0.1) is 11.0 Å². The first kappa shape index (κ1) is 41.0. The molecule has 0 radical (unpaired) electrons. The molecule has 0 spiro atoms. The topological polar surface area (TPSA) is 27.1 Å². The van der Waals surface area contributed by atoms with Crippen molar-refractivity contribution in [3.8, 4) is 28.4 Å². The van der Waals surface area contributed by atoms with Crippen molar-refractivity contribution in [2.24, 2.45) is 0 Å². The normalized spacial score (nSPS) is 18.5. The molecule has 1 saturated heterocycles. The van der Waals surface area contributed by atoms with Gasteiger partial charge in [-0.05, 0) is 91.4 Å². The molecule has 6 aromatic carbocycles. The van der Waals surface area contributed by atoms with Gasteiger partial charge < -0.3 is 4.74 Å². The number of hydrogen-bond donors (Lipinski definition) is 0. The maximum Gasteiger partial charge on any atom is 0.225 e. The molecule has 8 aromatic rings. The lowest BCUT2D eigenvalue weighted by Crippen LogP contribution is -2.46. The number of pyridine rings is 1. The molecular weight excluding hydrogens is 769 g/mol. The Kier molecular flexibility index (Phi) is 8.95. The van der Waals surface area contributed by atoms with Gasteiger partial charge in [-0.2, -0.15) is 9.18 Å². The zero-order valence-electron chi connectivity index (χ0n) is 39.1. The van der Waals surface area contributed by atoms with E-state index in [2.05, 4.69) is 234 Å². The third kappa shape index (κ3) is 6.54. The fraction of sp³-hybridized carbons (Fsp3) is 0.276. The Hall–Kier alpha value is -6.01. The number of fused-ring (bicyclic) bond motifs is 7. The Labute approximate surface area is 374 Å². The van der Waals surface area contributed by atoms with Crippen molar-refractivity contribution in [2.75, 3.05) is 0 Å². The Morgan fingerprint density at radius 3 is 1.60 bits per heavy atom. The Bertz CT molecular complexity index is 3110. The van der Waals surface area contributed by atoms with Crippen LogP contribution in [0.5, 0.6) is 11.5 Å². The molecule has 10 rings (SSSR count). The molecule has 318 valence electrons. The van der Waals surface area contributed by atoms with Crippen LogP contribution in [0.15, 0.2) is 146 Å². The van der Waals surface area contributed by atoms with Crippen LogP contribution in [-0.2, 0) is 21.7 Å². The number of quaternary nitrogens is 2. The highest BCUT2D eigenvalue weighted by molar-refractivity contribution is 6.10. The summed E-state index contributed by atoms with van der Waals surface area (Å²) < 4.78 is 10.6. The SMILES string of the molecule is CC(C)(C)c1cc(Oc2ccc3c4ccc(C(C)(C)C)cc4n(-c4cc(C(C)(C)C)ccn4)c3c2)cc([N+]23[CH-][N@+]2(c2cc(-c4ccccc4)cc(C(C)(C)C)c2)c2ccccc23)c1. The summed E-state index contributed by atoms with van der Waals surface area (Å²) in [6.45, 7) is 29.9. The van der Waals surface area contributed by atoms with Gasteiger partial charge in [0.1, 0.15) is 17.3 Å². The van der Waals surface area contributed by atoms with Crippen LogP contribution in [0.1, 0.15) is 105 Å². The summed E-state index contributed by atoms with van der Waals surface area (Å²) in [4.78, 5) is 5.00. The van der Waals surface area contributed by atoms with Gasteiger partial charge in [0.2, 0.25) is 11.4 Å². The number of nitrogens with zero attached hydrogens (tertiary/aromatic N) is 4. The lowest BCUT2D eigenvalue weighted by atomic mass is 9.84. The van der Waals surface area contributed by atoms with E-state index in [1.54, 1.807) is 0 Å². The maximum atomic E-state index is 7.09. The predicted octanol–water partition coefficient (Wildman–Crippen LogP) is 16.2. The van der Waals surface area contributed by atoms with E-state index in [1.807, 2.05) is 6.20 Å². The Balaban J connectivity index is 1.13. The van der Waals surface area contributed by atoms with Crippen molar-refractivity contribution in [3.05, 3.63) is 175 Å². The van der Waals surface area contributed by atoms with Crippen LogP contribution in [0.4, 0.5) is 22.7 Å². The van der Waals surface area contributed by atoms with Gasteiger partial charge in [-0.1, -0.05) is 144 Å². The van der Waals surface area contributed by atoms with Crippen LogP contribution in [0, 0.1) is 6.67 Å². The second-order valence-electron chi connectivity index (χ2n) is 22.1. The van der Waals surface area contributed by atoms with Crippen LogP contribution < -0.4 is 13.9 Å². The first-order chi connectivity index (χ1) is 29.7. The van der Waals surface area contributed by atoms with Crippen LogP contribution in [0.2, 0.25) is 0 Å². The average Bonchev–Trinajstić information content (AvgIpc) is 3.73. The van der Waals surface area contributed by atoms with Crippen LogP contribution >= 0.6 is 0 Å². The van der Waals surface area contributed by atoms with Gasteiger partial charge in [-0.25, -0.2) is 4.98 Å². The van der Waals surface area contributed by atoms with E-state index in [0.29, 0.717) is 9.18 Å². The van der Waals surface area contributed by atoms with E-state index < -0.39 is 0 Å². The standard InChI is InChI=1S/C58H61N4O/c1-55(2,3)40-22-24-48-49-25-23-46(36-51(49)60(50(48)33-40)54-34-41(26-27-59-54)56(4,5)6)63-47-32-43(58(10,11)12)31-45(35-47)62-37-61(62,52-20-16-17-21-53(52)62)44-29-39(38-18-14-13-15-19-38)28-42(30-44)57(7,8)9/h13-37H,1-12H3/q+1/t61-,62?/m0/s1. The lowest BCUT2D eigenvalue weighted by Gasteiger charge is -2.40. The van der Waals surface area contributed by atoms with E-state index in [1.165, 1.54) is 66.9 Å². The average molecular weight is 830 g/mol. The zero-order valence-corrected chi connectivity index (χ0v) is 39.1. The van der Waals surface area contributed by atoms with Crippen molar-refractivity contribution in [3.63, 3.8) is 0 Å². The molecule has 1 fully saturated rings. The number of hydrogen-bond acceptors (Lipinski definition) is 2. The van der Waals surface area contributed by atoms with Crippen LogP contribution in [0.25, 0.3) is 38.8 Å². The van der Waals surface area contributed by atoms with Gasteiger partial charge in [0, 0.05) is 59.4 Å². The van der Waals surface area contributed by atoms with Crippen molar-refractivity contribution < 1.29 is 4.74 Å². The largest absolute Gasteiger partial charge is 0.457 e. The molecule has 5 heteroatoms. The van der Waals surface area contributed by atoms with Gasteiger partial charge in [0.15, 0.2) is 18.0 Å². The fourth-order valence-electron chi connectivity index (χ4n) is 9.68. The molecule has 2 aromatic heterocycles. The van der Waals surface area contributed by atoms with Crippen molar-refractivity contribution in [1.29, 1.82) is 0 Å². The van der Waals surface area contributed by atoms with Gasteiger partial charge in [0.25, 0.3) is 0 Å². The summed E-state index contributed by atoms with van der Waals surface area (Å²) in [5.74, 6) is 2.52. The van der Waals surface area contributed by atoms with Crippen molar-refractivity contribution in [2.45, 2.75) is 105 Å². The highest BCUT2D eigenvalue weighted by Gasteiger charge is 2.78. The molecule has 0 N–H and O–H groups in total. The van der Waals surface area contributed by atoms with E-state index in [4.69, 9.17) is 9.72 Å². The summed E-state index contributed by atoms with van der Waals surface area (Å²) in [7, 11) is 0. The minimum absolute atomic E-state index is 0.00592. The number of benzene rings is 6. The first-order valence-corrected chi connectivity index (χ1v) is 22.5. The lowest BCUT2D eigenvalue weighted by molar-refractivity contribution is 0.421. The molecule has 1 unspecified atom stereocenters. The number of aromatic nitrogens is 2. The number of para-hydroxylation sites is 2. The van der Waals surface area contributed by atoms with E-state index in [9.17, 15) is 0 Å². The summed E-state index contributed by atoms with van der Waals surface area (Å²) in [5, 5.41) is 2.38. The molecule has 0 saturated carbocycles. The molecule has 0 aliphatic carbocycles. The van der Waals surface area contributed by atoms with Crippen molar-refractivity contribution >= 4 is 44.6 Å². The fourth-order valence-corrected chi connectivity index (χ4v) is 9.68. The number of ether oxygens (including phenoxy) is 1. The Morgan fingerprint density at radius 2 is 0.984 bits per heavy atom. The molecule has 4 heterocycles. The van der Waals surface area contributed by atoms with Crippen LogP contribution in [-0.4, -0.2) is 9.55 Å². The van der Waals surface area contributed by atoms with Gasteiger partial charge in [-0.3, -0.25) is 4.57 Å². The van der Waals surface area contributed by atoms with Crippen LogP contribution in [0.3, 0.4) is 0 Å². The summed E-state index contributed by atoms with van der Waals surface area (Å²) >= 11 is 0. The number of rotatable bonds is 6. The van der Waals surface area contributed by atoms with E-state index >= 15 is 0 Å². The minimum atomic E-state index is -0.125. The molecule has 5 nitrogen and oxygen atoms in total. The summed E-state index contributed by atoms with van der Waals surface area (Å²) in [5.41, 5.74) is 14.6. The molecular formula is C58H61N4O+. The smallest absolute Gasteiger partial charge is 0.225 e. The quantitative estimate of drug-likeness (QED) is 0.0948. The maximum absolute atomic E-state index is 7.09. The molecule has 2 aliphatic heterocycles. The minimum Gasteiger partial charge on any atom is -0.457 e. The monoisotopic (exact) mass is 829 g/mol. The molecule has 2 aliphatic rings. The predicted molar refractivity (Wildman–Crippen MR) is 265 cm³/mol. The van der Waals surface area contributed by atoms with E-state index in [0.717, 1.165) is 28.4 Å². The first-order valence-electron chi connectivity index (χ1n) is 22.5. The van der Waals surface area contributed by atoms with Gasteiger partial charge in [-0.15, -0.1) is 0 Å². The summed E-state index contributed by atoms with van der Waals surface area (Å²) in [6.07, 6.45) is 1.95. The Morgan fingerprint density at radius 1 is 0.444 bits per heavy atom. The highest BCUT2D eigenvalue weighted by atomic mass is 16.5.